The predicted molar refractivity (Wildman–Crippen MR) is 83.5 cm³/mol. The molecule has 2 aromatic heterocycles. The molecule has 1 saturated carbocycles. The molecule has 1 fully saturated rings. The Morgan fingerprint density at radius 3 is 2.82 bits per heavy atom. The van der Waals surface area contributed by atoms with Gasteiger partial charge in [0, 0.05) is 50.1 Å². The Labute approximate surface area is 130 Å². The van der Waals surface area contributed by atoms with Crippen LogP contribution in [0.25, 0.3) is 0 Å². The number of hydrogen-bond acceptors (Lipinski definition) is 3. The van der Waals surface area contributed by atoms with Crippen LogP contribution in [0.5, 0.6) is 0 Å². The lowest BCUT2D eigenvalue weighted by molar-refractivity contribution is -0.121. The molecule has 2 heterocycles. The third-order valence-corrected chi connectivity index (χ3v) is 4.02. The fraction of sp³-hybridized carbons (Fsp3) is 0.562. The smallest absolute Gasteiger partial charge is 0.221 e. The van der Waals surface area contributed by atoms with E-state index in [2.05, 4.69) is 26.9 Å². The van der Waals surface area contributed by atoms with E-state index < -0.39 is 0 Å². The molecule has 1 amide bonds. The summed E-state index contributed by atoms with van der Waals surface area (Å²) in [6.45, 7) is 6.13. The normalized spacial score (nSPS) is 14.3. The molecule has 6 heteroatoms. The molecule has 1 aliphatic rings. The molecule has 0 radical (unpaired) electrons. The molecule has 0 atom stereocenters. The minimum absolute atomic E-state index is 0.0684. The molecule has 0 aliphatic heterocycles. The summed E-state index contributed by atoms with van der Waals surface area (Å²) in [6.07, 6.45) is 8.62. The Morgan fingerprint density at radius 1 is 1.32 bits per heavy atom. The van der Waals surface area contributed by atoms with Crippen LogP contribution < -0.4 is 5.32 Å². The third-order valence-electron chi connectivity index (χ3n) is 4.02. The maximum Gasteiger partial charge on any atom is 0.221 e. The van der Waals surface area contributed by atoms with Crippen LogP contribution in [0.2, 0.25) is 0 Å². The van der Waals surface area contributed by atoms with E-state index in [9.17, 15) is 4.79 Å². The molecule has 0 saturated heterocycles. The summed E-state index contributed by atoms with van der Waals surface area (Å²) >= 11 is 0. The first kappa shape index (κ1) is 14.8. The van der Waals surface area contributed by atoms with Crippen LogP contribution in [0.1, 0.15) is 42.3 Å². The average molecular weight is 301 g/mol. The number of carbonyl (C=O) groups is 1. The van der Waals surface area contributed by atoms with Crippen molar-refractivity contribution < 1.29 is 4.79 Å². The average Bonchev–Trinajstić information content (AvgIpc) is 3.15. The van der Waals surface area contributed by atoms with Gasteiger partial charge in [0.1, 0.15) is 5.82 Å². The fourth-order valence-electron chi connectivity index (χ4n) is 2.64. The highest BCUT2D eigenvalue weighted by atomic mass is 16.1. The molecule has 3 rings (SSSR count). The lowest BCUT2D eigenvalue weighted by Gasteiger charge is -2.11. The van der Waals surface area contributed by atoms with Gasteiger partial charge in [-0.3, -0.25) is 9.48 Å². The van der Waals surface area contributed by atoms with Crippen molar-refractivity contribution >= 4 is 5.91 Å². The van der Waals surface area contributed by atoms with Gasteiger partial charge in [-0.25, -0.2) is 4.98 Å². The summed E-state index contributed by atoms with van der Waals surface area (Å²) in [7, 11) is 0. The quantitative estimate of drug-likeness (QED) is 0.848. The molecule has 1 N–H and O–H groups in total. The molecule has 0 spiro atoms. The monoisotopic (exact) mass is 301 g/mol. The minimum Gasteiger partial charge on any atom is -0.354 e. The summed E-state index contributed by atoms with van der Waals surface area (Å²) in [5.41, 5.74) is 2.28. The van der Waals surface area contributed by atoms with Gasteiger partial charge in [0.25, 0.3) is 0 Å². The molecule has 6 nitrogen and oxygen atoms in total. The summed E-state index contributed by atoms with van der Waals surface area (Å²) in [5, 5.41) is 7.17. The highest BCUT2D eigenvalue weighted by Crippen LogP contribution is 2.39. The van der Waals surface area contributed by atoms with Crippen LogP contribution in [0, 0.1) is 13.8 Å². The van der Waals surface area contributed by atoms with Gasteiger partial charge in [-0.05, 0) is 32.3 Å². The second-order valence-electron chi connectivity index (χ2n) is 6.06. The van der Waals surface area contributed by atoms with Crippen molar-refractivity contribution in [3.05, 3.63) is 35.7 Å². The van der Waals surface area contributed by atoms with Gasteiger partial charge in [0.2, 0.25) is 5.91 Å². The maximum absolute atomic E-state index is 11.9. The van der Waals surface area contributed by atoms with Crippen LogP contribution >= 0.6 is 0 Å². The molecule has 1 aliphatic carbocycles. The van der Waals surface area contributed by atoms with E-state index in [0.717, 1.165) is 12.1 Å². The van der Waals surface area contributed by atoms with E-state index in [0.29, 0.717) is 25.4 Å². The van der Waals surface area contributed by atoms with Gasteiger partial charge >= 0.3 is 0 Å². The first-order valence-electron chi connectivity index (χ1n) is 7.91. The Balaban J connectivity index is 1.43. The molecule has 0 unspecified atom stereocenters. The van der Waals surface area contributed by atoms with Crippen LogP contribution in [0.4, 0.5) is 0 Å². The molecule has 0 bridgehead atoms. The fourth-order valence-corrected chi connectivity index (χ4v) is 2.64. The van der Waals surface area contributed by atoms with Gasteiger partial charge in [0.15, 0.2) is 0 Å². The van der Waals surface area contributed by atoms with Gasteiger partial charge < -0.3 is 9.88 Å². The number of nitrogens with zero attached hydrogens (tertiary/aromatic N) is 4. The van der Waals surface area contributed by atoms with E-state index in [4.69, 9.17) is 0 Å². The van der Waals surface area contributed by atoms with Crippen LogP contribution in [-0.4, -0.2) is 31.8 Å². The Bertz CT molecular complexity index is 653. The lowest BCUT2D eigenvalue weighted by Crippen LogP contribution is -2.28. The van der Waals surface area contributed by atoms with Crippen molar-refractivity contribution in [3.63, 3.8) is 0 Å². The van der Waals surface area contributed by atoms with Gasteiger partial charge in [-0.1, -0.05) is 0 Å². The number of aryl methyl sites for hydroxylation is 3. The number of rotatable bonds is 7. The van der Waals surface area contributed by atoms with E-state index in [-0.39, 0.29) is 5.91 Å². The third kappa shape index (κ3) is 3.55. The molecule has 22 heavy (non-hydrogen) atoms. The molecular weight excluding hydrogens is 278 g/mol. The van der Waals surface area contributed by atoms with Crippen molar-refractivity contribution in [2.75, 3.05) is 6.54 Å². The topological polar surface area (TPSA) is 64.7 Å². The Hall–Kier alpha value is -2.11. The van der Waals surface area contributed by atoms with E-state index in [1.54, 1.807) is 10.9 Å². The molecule has 0 aromatic carbocycles. The standard InChI is InChI=1S/C16H23N5O/c1-12-9-19-20(11-12)7-5-15(22)17-6-8-21-13(2)10-18-16(21)14-3-4-14/h9-11,14H,3-8H2,1-2H3,(H,17,22). The Kier molecular flexibility index (Phi) is 4.27. The summed E-state index contributed by atoms with van der Waals surface area (Å²) in [6, 6.07) is 0. The van der Waals surface area contributed by atoms with Crippen molar-refractivity contribution in [2.45, 2.75) is 52.1 Å². The highest BCUT2D eigenvalue weighted by molar-refractivity contribution is 5.75. The van der Waals surface area contributed by atoms with Crippen molar-refractivity contribution in [1.29, 1.82) is 0 Å². The molecule has 118 valence electrons. The summed E-state index contributed by atoms with van der Waals surface area (Å²) < 4.78 is 4.04. The number of carbonyl (C=O) groups excluding carboxylic acids is 1. The number of hydrogen-bond donors (Lipinski definition) is 1. The van der Waals surface area contributed by atoms with Crippen LogP contribution in [0.15, 0.2) is 18.6 Å². The van der Waals surface area contributed by atoms with Crippen LogP contribution in [0.3, 0.4) is 0 Å². The SMILES string of the molecule is Cc1cnn(CCC(=O)NCCn2c(C)cnc2C2CC2)c1. The highest BCUT2D eigenvalue weighted by Gasteiger charge is 2.28. The predicted octanol–water partition coefficient (Wildman–Crippen LogP) is 1.78. The largest absolute Gasteiger partial charge is 0.354 e. The summed E-state index contributed by atoms with van der Waals surface area (Å²) in [5.74, 6) is 1.88. The van der Waals surface area contributed by atoms with E-state index in [1.807, 2.05) is 19.3 Å². The second-order valence-corrected chi connectivity index (χ2v) is 6.06. The van der Waals surface area contributed by atoms with Crippen molar-refractivity contribution in [2.24, 2.45) is 0 Å². The zero-order valence-corrected chi connectivity index (χ0v) is 13.2. The van der Waals surface area contributed by atoms with E-state index in [1.165, 1.54) is 24.4 Å². The lowest BCUT2D eigenvalue weighted by atomic mass is 10.3. The van der Waals surface area contributed by atoms with E-state index >= 15 is 0 Å². The number of amides is 1. The molecular formula is C16H23N5O. The first-order valence-corrected chi connectivity index (χ1v) is 7.91. The van der Waals surface area contributed by atoms with Crippen LogP contribution in [-0.2, 0) is 17.9 Å². The zero-order chi connectivity index (χ0) is 15.5. The summed E-state index contributed by atoms with van der Waals surface area (Å²) in [4.78, 5) is 16.4. The van der Waals surface area contributed by atoms with Crippen molar-refractivity contribution in [1.82, 2.24) is 24.6 Å². The number of imidazole rings is 1. The molecule has 2 aromatic rings. The maximum atomic E-state index is 11.9. The van der Waals surface area contributed by atoms with Gasteiger partial charge in [-0.15, -0.1) is 0 Å². The number of aromatic nitrogens is 4. The van der Waals surface area contributed by atoms with Crippen molar-refractivity contribution in [3.8, 4) is 0 Å². The zero-order valence-electron chi connectivity index (χ0n) is 13.2. The van der Waals surface area contributed by atoms with Gasteiger partial charge in [0.05, 0.1) is 6.20 Å². The first-order chi connectivity index (χ1) is 10.6. The number of nitrogens with one attached hydrogen (secondary N) is 1. The minimum atomic E-state index is 0.0684. The Morgan fingerprint density at radius 2 is 2.14 bits per heavy atom. The second kappa shape index (κ2) is 6.34. The van der Waals surface area contributed by atoms with Gasteiger partial charge in [-0.2, -0.15) is 5.10 Å².